The number of amides is 3. The zero-order valence-corrected chi connectivity index (χ0v) is 28.8. The number of nitrogens with one attached hydrogen (secondary N) is 3. The smallest absolute Gasteiger partial charge is 0.408 e. The molecule has 0 saturated heterocycles. The first-order chi connectivity index (χ1) is 23.1. The maximum Gasteiger partial charge on any atom is 0.408 e. The van der Waals surface area contributed by atoms with Crippen molar-refractivity contribution in [2.24, 2.45) is 40.4 Å². The predicted molar refractivity (Wildman–Crippen MR) is 185 cm³/mol. The molecule has 48 heavy (non-hydrogen) atoms. The van der Waals surface area contributed by atoms with E-state index in [1.54, 1.807) is 6.92 Å². The highest BCUT2D eigenvalue weighted by atomic mass is 16.5. The van der Waals surface area contributed by atoms with Gasteiger partial charge in [0.2, 0.25) is 11.8 Å². The first-order valence-electron chi connectivity index (χ1n) is 18.2. The second-order valence-corrected chi connectivity index (χ2v) is 15.6. The van der Waals surface area contributed by atoms with Crippen LogP contribution in [-0.2, 0) is 32.1 Å². The number of carbonyl (C=O) groups is 4. The third-order valence-corrected chi connectivity index (χ3v) is 13.0. The molecule has 9 atom stereocenters. The number of benzene rings is 2. The van der Waals surface area contributed by atoms with Gasteiger partial charge in [-0.2, -0.15) is 0 Å². The van der Waals surface area contributed by atoms with Crippen LogP contribution in [0, 0.1) is 40.4 Å². The summed E-state index contributed by atoms with van der Waals surface area (Å²) in [5, 5.41) is 8.69. The Morgan fingerprint density at radius 3 is 2.19 bits per heavy atom. The minimum absolute atomic E-state index is 0.0951. The highest BCUT2D eigenvalue weighted by Gasteiger charge is 2.60. The molecule has 2 aromatic rings. The average molecular weight is 656 g/mol. The maximum absolute atomic E-state index is 13.3. The quantitative estimate of drug-likeness (QED) is 0.275. The molecule has 2 aromatic carbocycles. The van der Waals surface area contributed by atoms with Gasteiger partial charge in [-0.25, -0.2) is 4.79 Å². The van der Waals surface area contributed by atoms with Crippen molar-refractivity contribution in [2.75, 3.05) is 6.54 Å². The summed E-state index contributed by atoms with van der Waals surface area (Å²) in [4.78, 5) is 51.6. The molecule has 4 fully saturated rings. The van der Waals surface area contributed by atoms with Crippen LogP contribution in [0.3, 0.4) is 0 Å². The van der Waals surface area contributed by atoms with Crippen molar-refractivity contribution in [3.05, 3.63) is 71.8 Å². The van der Waals surface area contributed by atoms with Gasteiger partial charge in [-0.15, -0.1) is 0 Å². The average Bonchev–Trinajstić information content (AvgIpc) is 3.45. The molecule has 258 valence electrons. The molecule has 4 aliphatic rings. The summed E-state index contributed by atoms with van der Waals surface area (Å²) in [7, 11) is 0. The zero-order chi connectivity index (χ0) is 33.9. The highest BCUT2D eigenvalue weighted by molar-refractivity contribution is 5.89. The summed E-state index contributed by atoms with van der Waals surface area (Å²) in [6.45, 7) is 6.67. The predicted octanol–water partition coefficient (Wildman–Crippen LogP) is 6.37. The first kappa shape index (κ1) is 34.2. The Labute approximate surface area is 285 Å². The van der Waals surface area contributed by atoms with Gasteiger partial charge in [-0.05, 0) is 110 Å². The Kier molecular flexibility index (Phi) is 10.3. The lowest BCUT2D eigenvalue weighted by Crippen LogP contribution is -2.56. The van der Waals surface area contributed by atoms with Gasteiger partial charge < -0.3 is 20.7 Å². The van der Waals surface area contributed by atoms with E-state index in [0.717, 1.165) is 43.2 Å². The summed E-state index contributed by atoms with van der Waals surface area (Å²) in [5.74, 6) is 2.63. The topological polar surface area (TPSA) is 114 Å². The van der Waals surface area contributed by atoms with E-state index in [9.17, 15) is 19.2 Å². The second-order valence-electron chi connectivity index (χ2n) is 15.6. The minimum atomic E-state index is -0.892. The van der Waals surface area contributed by atoms with E-state index in [1.165, 1.54) is 25.7 Å². The number of hydrogen-bond donors (Lipinski definition) is 3. The van der Waals surface area contributed by atoms with E-state index >= 15 is 0 Å². The van der Waals surface area contributed by atoms with Gasteiger partial charge in [0, 0.05) is 18.4 Å². The number of Topliss-reactive ketones (excluding diaryl/α,β-unsaturated/α-hetero) is 1. The van der Waals surface area contributed by atoms with Crippen molar-refractivity contribution < 1.29 is 23.9 Å². The van der Waals surface area contributed by atoms with Crippen LogP contribution in [0.25, 0.3) is 0 Å². The number of rotatable bonds is 10. The number of hydrogen-bond acceptors (Lipinski definition) is 5. The van der Waals surface area contributed by atoms with E-state index in [1.807, 2.05) is 60.7 Å². The molecular formula is C40H53N3O5. The number of ketones is 1. The van der Waals surface area contributed by atoms with Crippen LogP contribution in [0.15, 0.2) is 60.7 Å². The fourth-order valence-corrected chi connectivity index (χ4v) is 10.6. The van der Waals surface area contributed by atoms with Crippen LogP contribution in [0.4, 0.5) is 4.79 Å². The van der Waals surface area contributed by atoms with Crippen LogP contribution >= 0.6 is 0 Å². The van der Waals surface area contributed by atoms with Crippen molar-refractivity contribution in [2.45, 2.75) is 104 Å². The van der Waals surface area contributed by atoms with Gasteiger partial charge in [-0.3, -0.25) is 14.4 Å². The summed E-state index contributed by atoms with van der Waals surface area (Å²) in [6, 6.07) is 18.0. The number of fused-ring (bicyclic) bond motifs is 5. The van der Waals surface area contributed by atoms with E-state index in [0.29, 0.717) is 29.5 Å². The summed E-state index contributed by atoms with van der Waals surface area (Å²) < 4.78 is 5.37. The first-order valence-corrected chi connectivity index (χ1v) is 18.2. The number of alkyl carbamates (subject to hydrolysis) is 1. The van der Waals surface area contributed by atoms with E-state index in [4.69, 9.17) is 4.74 Å². The molecule has 0 aromatic heterocycles. The Hall–Kier alpha value is -3.68. The van der Waals surface area contributed by atoms with Crippen LogP contribution in [0.1, 0.15) is 89.7 Å². The normalized spacial score (nSPS) is 32.8. The molecule has 4 saturated carbocycles. The molecule has 0 radical (unpaired) electrons. The van der Waals surface area contributed by atoms with Crippen molar-refractivity contribution in [3.63, 3.8) is 0 Å². The molecule has 1 unspecified atom stereocenters. The van der Waals surface area contributed by atoms with Gasteiger partial charge >= 0.3 is 6.09 Å². The van der Waals surface area contributed by atoms with Crippen molar-refractivity contribution >= 4 is 23.7 Å². The molecule has 0 aliphatic heterocycles. The SMILES string of the molecule is CC(=O)[C@H]1CC[C@H]2[C@@H]3CC[C@H]4C[C@H](NC(=O)CNC(=O)C(Cc5ccccc5)NC(=O)OCc5ccccc5)CC[C@]4(C)[C@H]3CC[C@]12C. The standard InChI is InChI=1S/C40H53N3O5/c1-26(44)32-16-17-33-31-15-14-29-23-30(18-20-39(29,2)34(31)19-21-40(32,33)3)42-36(45)24-41-37(46)35(22-27-10-6-4-7-11-27)43-38(47)48-25-28-12-8-5-9-13-28/h4-13,29-35H,14-25H2,1-3H3,(H,41,46)(H,42,45)(H,43,47)/t29-,30+,31-,32+,33-,34-,35?,39-,40+/m0/s1. The van der Waals surface area contributed by atoms with Crippen LogP contribution in [0.2, 0.25) is 0 Å². The van der Waals surface area contributed by atoms with Crippen molar-refractivity contribution in [3.8, 4) is 0 Å². The Morgan fingerprint density at radius 1 is 0.812 bits per heavy atom. The minimum Gasteiger partial charge on any atom is -0.445 e. The molecule has 6 rings (SSSR count). The number of ether oxygens (including phenoxy) is 1. The number of carbonyl (C=O) groups excluding carboxylic acids is 4. The third-order valence-electron chi connectivity index (χ3n) is 13.0. The van der Waals surface area contributed by atoms with Crippen molar-refractivity contribution in [1.82, 2.24) is 16.0 Å². The van der Waals surface area contributed by atoms with Gasteiger partial charge in [0.1, 0.15) is 18.4 Å². The lowest BCUT2D eigenvalue weighted by molar-refractivity contribution is -0.136. The lowest BCUT2D eigenvalue weighted by atomic mass is 9.44. The Balaban J connectivity index is 1.00. The van der Waals surface area contributed by atoms with E-state index in [2.05, 4.69) is 29.8 Å². The van der Waals surface area contributed by atoms with Gasteiger partial charge in [-0.1, -0.05) is 74.5 Å². The molecule has 3 amide bonds. The molecule has 8 heteroatoms. The largest absolute Gasteiger partial charge is 0.445 e. The summed E-state index contributed by atoms with van der Waals surface area (Å²) in [6.07, 6.45) is 9.66. The summed E-state index contributed by atoms with van der Waals surface area (Å²) >= 11 is 0. The molecular weight excluding hydrogens is 602 g/mol. The molecule has 0 heterocycles. The fraction of sp³-hybridized carbons (Fsp3) is 0.600. The summed E-state index contributed by atoms with van der Waals surface area (Å²) in [5.41, 5.74) is 2.19. The zero-order valence-electron chi connectivity index (χ0n) is 28.8. The molecule has 3 N–H and O–H groups in total. The molecule has 0 spiro atoms. The molecule has 8 nitrogen and oxygen atoms in total. The van der Waals surface area contributed by atoms with Gasteiger partial charge in [0.15, 0.2) is 0 Å². The van der Waals surface area contributed by atoms with E-state index in [-0.39, 0.29) is 48.3 Å². The molecule has 0 bridgehead atoms. The Bertz CT molecular complexity index is 1470. The van der Waals surface area contributed by atoms with Crippen LogP contribution < -0.4 is 16.0 Å². The van der Waals surface area contributed by atoms with Crippen LogP contribution in [0.5, 0.6) is 0 Å². The van der Waals surface area contributed by atoms with E-state index < -0.39 is 18.0 Å². The monoisotopic (exact) mass is 655 g/mol. The fourth-order valence-electron chi connectivity index (χ4n) is 10.6. The maximum atomic E-state index is 13.3. The van der Waals surface area contributed by atoms with Crippen molar-refractivity contribution in [1.29, 1.82) is 0 Å². The molecule has 4 aliphatic carbocycles. The lowest BCUT2D eigenvalue weighted by Gasteiger charge is -2.61. The Morgan fingerprint density at radius 2 is 1.48 bits per heavy atom. The highest BCUT2D eigenvalue weighted by Crippen LogP contribution is 2.67. The van der Waals surface area contributed by atoms with Crippen LogP contribution in [-0.4, -0.2) is 42.3 Å². The third kappa shape index (κ3) is 7.18. The van der Waals surface area contributed by atoms with Gasteiger partial charge in [0.05, 0.1) is 6.54 Å². The second kappa shape index (κ2) is 14.4. The van der Waals surface area contributed by atoms with Gasteiger partial charge in [0.25, 0.3) is 0 Å².